The molecule has 0 spiro atoms. The third kappa shape index (κ3) is 4.04. The Morgan fingerprint density at radius 2 is 2.00 bits per heavy atom. The highest BCUT2D eigenvalue weighted by atomic mass is 16.5. The smallest absolute Gasteiger partial charge is 0.271 e. The van der Waals surface area contributed by atoms with E-state index >= 15 is 0 Å². The number of nitrogens with one attached hydrogen (secondary N) is 1. The van der Waals surface area contributed by atoms with E-state index in [-0.39, 0.29) is 12.0 Å². The van der Waals surface area contributed by atoms with E-state index < -0.39 is 0 Å². The molecule has 1 aliphatic carbocycles. The quantitative estimate of drug-likeness (QED) is 0.645. The maximum atomic E-state index is 12.0. The number of hydrogen-bond acceptors (Lipinski definition) is 4. The molecule has 5 heteroatoms. The number of ether oxygens (including phenoxy) is 1. The van der Waals surface area contributed by atoms with Gasteiger partial charge in [-0.1, -0.05) is 6.92 Å². The van der Waals surface area contributed by atoms with E-state index in [0.29, 0.717) is 23.2 Å². The molecule has 126 valence electrons. The average molecular weight is 326 g/mol. The van der Waals surface area contributed by atoms with Crippen molar-refractivity contribution in [3.8, 4) is 5.75 Å². The van der Waals surface area contributed by atoms with Gasteiger partial charge in [0.15, 0.2) is 0 Å². The fraction of sp³-hybridized carbons (Fsp3) is 0.368. The topological polar surface area (TPSA) is 63.8 Å². The molecule has 0 bridgehead atoms. The third-order valence-corrected chi connectivity index (χ3v) is 3.97. The molecule has 0 unspecified atom stereocenters. The van der Waals surface area contributed by atoms with E-state index in [1.54, 1.807) is 24.3 Å². The number of carbonyl (C=O) groups excluding carboxylic acids is 1. The molecule has 0 radical (unpaired) electrons. The summed E-state index contributed by atoms with van der Waals surface area (Å²) in [5.74, 6) is 3.34. The van der Waals surface area contributed by atoms with Crippen molar-refractivity contribution in [2.75, 3.05) is 0 Å². The molecule has 1 aromatic heterocycles. The van der Waals surface area contributed by atoms with Crippen molar-refractivity contribution in [3.63, 3.8) is 0 Å². The number of amides is 1. The summed E-state index contributed by atoms with van der Waals surface area (Å²) in [7, 11) is 0. The van der Waals surface area contributed by atoms with Crippen molar-refractivity contribution < 1.29 is 13.9 Å². The molecule has 1 aliphatic rings. The van der Waals surface area contributed by atoms with E-state index in [9.17, 15) is 4.79 Å². The normalized spacial score (nSPS) is 19.7. The minimum absolute atomic E-state index is 0.103. The van der Waals surface area contributed by atoms with Crippen LogP contribution in [-0.2, 0) is 0 Å². The van der Waals surface area contributed by atoms with Gasteiger partial charge in [-0.15, -0.1) is 0 Å². The summed E-state index contributed by atoms with van der Waals surface area (Å²) in [6.07, 6.45) is 2.80. The fourth-order valence-electron chi connectivity index (χ4n) is 2.53. The van der Waals surface area contributed by atoms with Crippen molar-refractivity contribution in [1.29, 1.82) is 0 Å². The van der Waals surface area contributed by atoms with Crippen LogP contribution in [0.25, 0.3) is 0 Å². The van der Waals surface area contributed by atoms with Crippen LogP contribution in [0, 0.1) is 5.92 Å². The van der Waals surface area contributed by atoms with Crippen molar-refractivity contribution in [3.05, 3.63) is 53.5 Å². The molecule has 3 rings (SSSR count). The second-order valence-electron chi connectivity index (χ2n) is 6.45. The standard InChI is InChI=1S/C19H22N2O3/c1-12(2)23-15-6-4-14(5-7-15)19(22)21-20-11-16-8-9-18(24-16)17-10-13(17)3/h4-9,11-13,17H,10H2,1-3H3,(H,21,22)/b20-11-/t13-,17+/m0/s1. The summed E-state index contributed by atoms with van der Waals surface area (Å²) < 4.78 is 11.2. The molecule has 24 heavy (non-hydrogen) atoms. The van der Waals surface area contributed by atoms with Crippen LogP contribution in [0.3, 0.4) is 0 Å². The lowest BCUT2D eigenvalue weighted by Gasteiger charge is -2.09. The first kappa shape index (κ1) is 16.3. The maximum absolute atomic E-state index is 12.0. The van der Waals surface area contributed by atoms with Gasteiger partial charge in [-0.05, 0) is 62.6 Å². The Bertz CT molecular complexity index is 731. The molecule has 1 amide bonds. The predicted octanol–water partition coefficient (Wildman–Crippen LogP) is 3.95. The number of rotatable bonds is 6. The van der Waals surface area contributed by atoms with Gasteiger partial charge in [0.25, 0.3) is 5.91 Å². The molecule has 0 aliphatic heterocycles. The SMILES string of the molecule is CC(C)Oc1ccc(C(=O)N/N=C\c2ccc([C@@H]3C[C@@H]3C)o2)cc1. The first-order valence-corrected chi connectivity index (χ1v) is 8.23. The first-order valence-electron chi connectivity index (χ1n) is 8.23. The number of benzene rings is 1. The second kappa shape index (κ2) is 6.91. The van der Waals surface area contributed by atoms with Gasteiger partial charge in [-0.25, -0.2) is 5.43 Å². The molecular weight excluding hydrogens is 304 g/mol. The lowest BCUT2D eigenvalue weighted by molar-refractivity contribution is 0.0955. The zero-order chi connectivity index (χ0) is 17.1. The third-order valence-electron chi connectivity index (χ3n) is 3.97. The van der Waals surface area contributed by atoms with Gasteiger partial charge >= 0.3 is 0 Å². The summed E-state index contributed by atoms with van der Waals surface area (Å²) in [4.78, 5) is 12.0. The Hall–Kier alpha value is -2.56. The lowest BCUT2D eigenvalue weighted by atomic mass is 10.2. The van der Waals surface area contributed by atoms with E-state index in [1.165, 1.54) is 12.6 Å². The maximum Gasteiger partial charge on any atom is 0.271 e. The molecule has 2 aromatic rings. The molecular formula is C19H22N2O3. The molecule has 2 atom stereocenters. The van der Waals surface area contributed by atoms with E-state index in [1.807, 2.05) is 26.0 Å². The Morgan fingerprint density at radius 3 is 2.62 bits per heavy atom. The molecule has 1 fully saturated rings. The number of carbonyl (C=O) groups is 1. The fourth-order valence-corrected chi connectivity index (χ4v) is 2.53. The second-order valence-corrected chi connectivity index (χ2v) is 6.45. The Labute approximate surface area is 141 Å². The van der Waals surface area contributed by atoms with Crippen LogP contribution in [-0.4, -0.2) is 18.2 Å². The molecule has 5 nitrogen and oxygen atoms in total. The zero-order valence-electron chi connectivity index (χ0n) is 14.2. The van der Waals surface area contributed by atoms with E-state index in [2.05, 4.69) is 17.5 Å². The highest BCUT2D eigenvalue weighted by Gasteiger charge is 2.36. The zero-order valence-corrected chi connectivity index (χ0v) is 14.2. The van der Waals surface area contributed by atoms with Crippen LogP contribution in [0.1, 0.15) is 55.0 Å². The van der Waals surface area contributed by atoms with E-state index in [0.717, 1.165) is 11.5 Å². The lowest BCUT2D eigenvalue weighted by Crippen LogP contribution is -2.17. The van der Waals surface area contributed by atoms with Crippen molar-refractivity contribution in [2.45, 2.75) is 39.2 Å². The van der Waals surface area contributed by atoms with Crippen molar-refractivity contribution >= 4 is 12.1 Å². The molecule has 1 heterocycles. The molecule has 1 aromatic carbocycles. The van der Waals surface area contributed by atoms with Gasteiger partial charge in [0.1, 0.15) is 17.3 Å². The summed E-state index contributed by atoms with van der Waals surface area (Å²) in [5, 5.41) is 3.95. The van der Waals surface area contributed by atoms with Gasteiger partial charge < -0.3 is 9.15 Å². The Kier molecular flexibility index (Phi) is 4.69. The highest BCUT2D eigenvalue weighted by molar-refractivity contribution is 5.94. The van der Waals surface area contributed by atoms with Gasteiger partial charge in [-0.3, -0.25) is 4.79 Å². The first-order chi connectivity index (χ1) is 11.5. The minimum Gasteiger partial charge on any atom is -0.491 e. The monoisotopic (exact) mass is 326 g/mol. The van der Waals surface area contributed by atoms with Gasteiger partial charge in [0.05, 0.1) is 12.3 Å². The summed E-state index contributed by atoms with van der Waals surface area (Å²) in [6, 6.07) is 10.8. The van der Waals surface area contributed by atoms with Crippen LogP contribution in [0.2, 0.25) is 0 Å². The molecule has 0 saturated heterocycles. The predicted molar refractivity (Wildman–Crippen MR) is 92.5 cm³/mol. The number of hydrogen-bond donors (Lipinski definition) is 1. The Morgan fingerprint density at radius 1 is 1.29 bits per heavy atom. The van der Waals surface area contributed by atoms with Crippen molar-refractivity contribution in [2.24, 2.45) is 11.0 Å². The largest absolute Gasteiger partial charge is 0.491 e. The van der Waals surface area contributed by atoms with Crippen LogP contribution in [0.5, 0.6) is 5.75 Å². The van der Waals surface area contributed by atoms with E-state index in [4.69, 9.17) is 9.15 Å². The van der Waals surface area contributed by atoms with Gasteiger partial charge in [-0.2, -0.15) is 5.10 Å². The minimum atomic E-state index is -0.273. The van der Waals surface area contributed by atoms with Crippen LogP contribution in [0.4, 0.5) is 0 Å². The number of furan rings is 1. The highest BCUT2D eigenvalue weighted by Crippen LogP contribution is 2.47. The Balaban J connectivity index is 1.53. The van der Waals surface area contributed by atoms with Gasteiger partial charge in [0.2, 0.25) is 0 Å². The average Bonchev–Trinajstić information content (AvgIpc) is 3.08. The summed E-state index contributed by atoms with van der Waals surface area (Å²) in [6.45, 7) is 6.12. The number of hydrazone groups is 1. The molecule has 1 saturated carbocycles. The van der Waals surface area contributed by atoms with Crippen LogP contribution < -0.4 is 10.2 Å². The summed E-state index contributed by atoms with van der Waals surface area (Å²) in [5.41, 5.74) is 3.02. The van der Waals surface area contributed by atoms with Crippen molar-refractivity contribution in [1.82, 2.24) is 5.43 Å². The number of nitrogens with zero attached hydrogens (tertiary/aromatic N) is 1. The van der Waals surface area contributed by atoms with Gasteiger partial charge in [0, 0.05) is 11.5 Å². The molecule has 1 N–H and O–H groups in total. The van der Waals surface area contributed by atoms with Crippen LogP contribution >= 0.6 is 0 Å². The summed E-state index contributed by atoms with van der Waals surface area (Å²) >= 11 is 0. The van der Waals surface area contributed by atoms with Crippen LogP contribution in [0.15, 0.2) is 45.9 Å².